The number of ether oxygens (including phenoxy) is 1. The third-order valence-electron chi connectivity index (χ3n) is 3.32. The van der Waals surface area contributed by atoms with Gasteiger partial charge in [0, 0.05) is 6.07 Å². The quantitative estimate of drug-likeness (QED) is 0.733. The molecule has 0 atom stereocenters. The van der Waals surface area contributed by atoms with Gasteiger partial charge in [-0.15, -0.1) is 0 Å². The standard InChI is InChI=1S/C16H13N3O5/c1-23-13-8-24-12(6-11(13)20)16(22)17-7-14-18-10-5-3-2-4-9(10)15(21)19-14/h2-6,8H,7H2,1H3,(H,17,22)(H,18,19,21). The third-order valence-corrected chi connectivity index (χ3v) is 3.32. The zero-order valence-electron chi connectivity index (χ0n) is 12.7. The monoisotopic (exact) mass is 327 g/mol. The molecule has 0 spiro atoms. The van der Waals surface area contributed by atoms with E-state index in [1.54, 1.807) is 24.3 Å². The number of hydrogen-bond donors (Lipinski definition) is 2. The number of methoxy groups -OCH3 is 1. The lowest BCUT2D eigenvalue weighted by molar-refractivity contribution is 0.0919. The maximum atomic E-state index is 12.0. The van der Waals surface area contributed by atoms with Gasteiger partial charge in [-0.2, -0.15) is 0 Å². The van der Waals surface area contributed by atoms with E-state index in [1.807, 2.05) is 0 Å². The van der Waals surface area contributed by atoms with Crippen molar-refractivity contribution in [3.63, 3.8) is 0 Å². The Kier molecular flexibility index (Phi) is 4.11. The number of benzene rings is 1. The highest BCUT2D eigenvalue weighted by molar-refractivity contribution is 5.91. The van der Waals surface area contributed by atoms with E-state index >= 15 is 0 Å². The van der Waals surface area contributed by atoms with Crippen LogP contribution in [-0.4, -0.2) is 23.0 Å². The number of H-pyrrole nitrogens is 1. The molecule has 8 heteroatoms. The first kappa shape index (κ1) is 15.5. The molecule has 0 saturated heterocycles. The van der Waals surface area contributed by atoms with Crippen LogP contribution >= 0.6 is 0 Å². The van der Waals surface area contributed by atoms with E-state index in [0.29, 0.717) is 16.7 Å². The van der Waals surface area contributed by atoms with Gasteiger partial charge in [0.05, 0.1) is 24.6 Å². The van der Waals surface area contributed by atoms with E-state index in [0.717, 1.165) is 12.3 Å². The molecule has 0 bridgehead atoms. The van der Waals surface area contributed by atoms with Crippen molar-refractivity contribution in [1.29, 1.82) is 0 Å². The summed E-state index contributed by atoms with van der Waals surface area (Å²) in [7, 11) is 1.33. The van der Waals surface area contributed by atoms with Gasteiger partial charge >= 0.3 is 0 Å². The molecule has 0 aliphatic heterocycles. The summed E-state index contributed by atoms with van der Waals surface area (Å²) in [6.45, 7) is -0.0192. The summed E-state index contributed by atoms with van der Waals surface area (Å²) in [5.74, 6) is -0.468. The predicted molar refractivity (Wildman–Crippen MR) is 85.1 cm³/mol. The highest BCUT2D eigenvalue weighted by Gasteiger charge is 2.12. The molecule has 0 aliphatic rings. The van der Waals surface area contributed by atoms with E-state index < -0.39 is 11.3 Å². The first-order valence-electron chi connectivity index (χ1n) is 7.01. The molecule has 0 aliphatic carbocycles. The van der Waals surface area contributed by atoms with Crippen LogP contribution in [0.15, 0.2) is 50.6 Å². The number of para-hydroxylation sites is 1. The number of carbonyl (C=O) groups is 1. The molecule has 2 aromatic heterocycles. The van der Waals surface area contributed by atoms with Crippen molar-refractivity contribution in [3.8, 4) is 5.75 Å². The van der Waals surface area contributed by atoms with Gasteiger partial charge in [0.25, 0.3) is 11.5 Å². The van der Waals surface area contributed by atoms with E-state index in [-0.39, 0.29) is 23.6 Å². The molecule has 8 nitrogen and oxygen atoms in total. The molecule has 0 fully saturated rings. The van der Waals surface area contributed by atoms with Crippen LogP contribution in [0.1, 0.15) is 16.4 Å². The second-order valence-electron chi connectivity index (χ2n) is 4.89. The number of fused-ring (bicyclic) bond motifs is 1. The number of nitrogens with zero attached hydrogens (tertiary/aromatic N) is 1. The lowest BCUT2D eigenvalue weighted by atomic mass is 10.2. The number of aromatic amines is 1. The molecule has 0 radical (unpaired) electrons. The Morgan fingerprint density at radius 2 is 2.12 bits per heavy atom. The van der Waals surface area contributed by atoms with Crippen LogP contribution in [0.25, 0.3) is 10.9 Å². The maximum absolute atomic E-state index is 12.0. The van der Waals surface area contributed by atoms with Gasteiger partial charge in [-0.1, -0.05) is 12.1 Å². The molecular formula is C16H13N3O5. The lowest BCUT2D eigenvalue weighted by Gasteiger charge is -2.05. The van der Waals surface area contributed by atoms with Crippen LogP contribution in [0.2, 0.25) is 0 Å². The Labute approximate surface area is 135 Å². The van der Waals surface area contributed by atoms with Crippen molar-refractivity contribution < 1.29 is 13.9 Å². The normalized spacial score (nSPS) is 10.5. The van der Waals surface area contributed by atoms with Gasteiger partial charge in [0.1, 0.15) is 12.1 Å². The fourth-order valence-corrected chi connectivity index (χ4v) is 2.14. The molecule has 122 valence electrons. The Bertz CT molecular complexity index is 1020. The highest BCUT2D eigenvalue weighted by atomic mass is 16.5. The molecule has 0 unspecified atom stereocenters. The Morgan fingerprint density at radius 1 is 1.33 bits per heavy atom. The maximum Gasteiger partial charge on any atom is 0.287 e. The molecule has 1 amide bonds. The Morgan fingerprint density at radius 3 is 2.88 bits per heavy atom. The highest BCUT2D eigenvalue weighted by Crippen LogP contribution is 2.07. The number of aromatic nitrogens is 2. The summed E-state index contributed by atoms with van der Waals surface area (Å²) in [5, 5.41) is 2.99. The van der Waals surface area contributed by atoms with E-state index in [1.165, 1.54) is 7.11 Å². The molecule has 1 aromatic carbocycles. The van der Waals surface area contributed by atoms with Gasteiger partial charge in [0.2, 0.25) is 11.2 Å². The van der Waals surface area contributed by atoms with Gasteiger partial charge < -0.3 is 19.5 Å². The zero-order valence-corrected chi connectivity index (χ0v) is 12.7. The number of carbonyl (C=O) groups excluding carboxylic acids is 1. The number of nitrogens with one attached hydrogen (secondary N) is 2. The van der Waals surface area contributed by atoms with Gasteiger partial charge in [-0.3, -0.25) is 14.4 Å². The van der Waals surface area contributed by atoms with E-state index in [2.05, 4.69) is 15.3 Å². The average molecular weight is 327 g/mol. The Hall–Kier alpha value is -3.42. The lowest BCUT2D eigenvalue weighted by Crippen LogP contribution is -2.26. The van der Waals surface area contributed by atoms with Crippen LogP contribution in [0, 0.1) is 0 Å². The molecule has 3 aromatic rings. The molecule has 3 rings (SSSR count). The summed E-state index contributed by atoms with van der Waals surface area (Å²) in [4.78, 5) is 42.4. The summed E-state index contributed by atoms with van der Waals surface area (Å²) in [5.41, 5.74) is -0.228. The molecular weight excluding hydrogens is 314 g/mol. The first-order valence-corrected chi connectivity index (χ1v) is 7.01. The van der Waals surface area contributed by atoms with Crippen LogP contribution in [-0.2, 0) is 6.54 Å². The van der Waals surface area contributed by atoms with Crippen LogP contribution < -0.4 is 21.0 Å². The largest absolute Gasteiger partial charge is 0.490 e. The van der Waals surface area contributed by atoms with Gasteiger partial charge in [-0.05, 0) is 12.1 Å². The molecule has 2 N–H and O–H groups in total. The first-order chi connectivity index (χ1) is 11.6. The summed E-state index contributed by atoms with van der Waals surface area (Å²) < 4.78 is 9.82. The second kappa shape index (κ2) is 6.37. The Balaban J connectivity index is 1.78. The van der Waals surface area contributed by atoms with Crippen molar-refractivity contribution in [2.75, 3.05) is 7.11 Å². The van der Waals surface area contributed by atoms with Crippen LogP contribution in [0.3, 0.4) is 0 Å². The summed E-state index contributed by atoms with van der Waals surface area (Å²) in [6.07, 6.45) is 1.06. The minimum Gasteiger partial charge on any atom is -0.490 e. The summed E-state index contributed by atoms with van der Waals surface area (Å²) in [6, 6.07) is 7.91. The van der Waals surface area contributed by atoms with Crippen molar-refractivity contribution >= 4 is 16.8 Å². The molecule has 24 heavy (non-hydrogen) atoms. The minimum atomic E-state index is -0.606. The minimum absolute atomic E-state index is 0.00655. The SMILES string of the molecule is COc1coc(C(=O)NCc2nc3ccccc3c(=O)[nH]2)cc1=O. The predicted octanol–water partition coefficient (Wildman–Crippen LogP) is 0.815. The second-order valence-corrected chi connectivity index (χ2v) is 4.89. The van der Waals surface area contributed by atoms with E-state index in [9.17, 15) is 14.4 Å². The van der Waals surface area contributed by atoms with Crippen LogP contribution in [0.5, 0.6) is 5.75 Å². The van der Waals surface area contributed by atoms with Crippen molar-refractivity contribution in [2.24, 2.45) is 0 Å². The average Bonchev–Trinajstić information content (AvgIpc) is 2.59. The van der Waals surface area contributed by atoms with Gasteiger partial charge in [-0.25, -0.2) is 4.98 Å². The fraction of sp³-hybridized carbons (Fsp3) is 0.125. The number of amides is 1. The molecule has 2 heterocycles. The number of hydrogen-bond acceptors (Lipinski definition) is 6. The zero-order chi connectivity index (χ0) is 17.1. The van der Waals surface area contributed by atoms with Crippen molar-refractivity contribution in [1.82, 2.24) is 15.3 Å². The fourth-order valence-electron chi connectivity index (χ4n) is 2.14. The van der Waals surface area contributed by atoms with Crippen molar-refractivity contribution in [3.05, 3.63) is 68.8 Å². The number of rotatable bonds is 4. The smallest absolute Gasteiger partial charge is 0.287 e. The van der Waals surface area contributed by atoms with E-state index in [4.69, 9.17) is 9.15 Å². The summed E-state index contributed by atoms with van der Waals surface area (Å²) >= 11 is 0. The molecule has 0 saturated carbocycles. The van der Waals surface area contributed by atoms with Gasteiger partial charge in [0.15, 0.2) is 5.76 Å². The topological polar surface area (TPSA) is 114 Å². The third kappa shape index (κ3) is 3.02. The van der Waals surface area contributed by atoms with Crippen molar-refractivity contribution in [2.45, 2.75) is 6.54 Å². The van der Waals surface area contributed by atoms with Crippen LogP contribution in [0.4, 0.5) is 0 Å².